The monoisotopic (exact) mass is 384 g/mol. The van der Waals surface area contributed by atoms with E-state index in [2.05, 4.69) is 11.9 Å². The standard InChI is InChI=1S/C20H20N2O6/c1-4-10-27-17(23)14-11(3)22-19(25)20(14)12-8-6-7-9-13(12)28-16(21)15(20)18(24)26-5-2/h4,6-9H,1,5,10,21H2,2-3H3,(H,22,25)/t20-/m1/s1. The molecule has 0 bridgehead atoms. The first-order valence-electron chi connectivity index (χ1n) is 8.65. The number of ether oxygens (including phenoxy) is 3. The molecular weight excluding hydrogens is 364 g/mol. The molecule has 0 unspecified atom stereocenters. The molecule has 0 saturated carbocycles. The summed E-state index contributed by atoms with van der Waals surface area (Å²) in [4.78, 5) is 38.9. The molecule has 2 heterocycles. The fraction of sp³-hybridized carbons (Fsp3) is 0.250. The van der Waals surface area contributed by atoms with Crippen LogP contribution in [0.1, 0.15) is 19.4 Å². The molecule has 3 N–H and O–H groups in total. The highest BCUT2D eigenvalue weighted by Gasteiger charge is 2.61. The summed E-state index contributed by atoms with van der Waals surface area (Å²) in [6.45, 7) is 6.67. The number of allylic oxidation sites excluding steroid dienone is 1. The average Bonchev–Trinajstić information content (AvgIpc) is 2.90. The highest BCUT2D eigenvalue weighted by Crippen LogP contribution is 2.51. The average molecular weight is 384 g/mol. The van der Waals surface area contributed by atoms with Crippen molar-refractivity contribution in [3.63, 3.8) is 0 Å². The maximum atomic E-state index is 13.2. The molecule has 146 valence electrons. The van der Waals surface area contributed by atoms with E-state index in [1.165, 1.54) is 6.08 Å². The normalized spacial score (nSPS) is 20.4. The fourth-order valence-electron chi connectivity index (χ4n) is 3.54. The maximum absolute atomic E-state index is 13.2. The number of hydrogen-bond donors (Lipinski definition) is 2. The third kappa shape index (κ3) is 2.65. The second-order valence-electron chi connectivity index (χ2n) is 6.15. The Kier molecular flexibility index (Phi) is 4.96. The number of carbonyl (C=O) groups is 3. The lowest BCUT2D eigenvalue weighted by Gasteiger charge is -2.35. The Morgan fingerprint density at radius 3 is 2.61 bits per heavy atom. The first kappa shape index (κ1) is 19.2. The van der Waals surface area contributed by atoms with Crippen LogP contribution in [0.4, 0.5) is 0 Å². The number of nitrogens with one attached hydrogen (secondary N) is 1. The van der Waals surface area contributed by atoms with Crippen LogP contribution in [-0.4, -0.2) is 31.1 Å². The smallest absolute Gasteiger partial charge is 0.341 e. The van der Waals surface area contributed by atoms with Gasteiger partial charge in [0.05, 0.1) is 12.2 Å². The van der Waals surface area contributed by atoms with Gasteiger partial charge in [-0.1, -0.05) is 30.9 Å². The number of carbonyl (C=O) groups excluding carboxylic acids is 3. The summed E-state index contributed by atoms with van der Waals surface area (Å²) in [7, 11) is 0. The van der Waals surface area contributed by atoms with Gasteiger partial charge in [0.1, 0.15) is 23.3 Å². The highest BCUT2D eigenvalue weighted by molar-refractivity contribution is 6.17. The van der Waals surface area contributed by atoms with Gasteiger partial charge in [-0.2, -0.15) is 0 Å². The van der Waals surface area contributed by atoms with Crippen LogP contribution in [0.5, 0.6) is 5.75 Å². The molecule has 2 aliphatic heterocycles. The van der Waals surface area contributed by atoms with Crippen LogP contribution >= 0.6 is 0 Å². The van der Waals surface area contributed by atoms with Crippen molar-refractivity contribution >= 4 is 17.8 Å². The summed E-state index contributed by atoms with van der Waals surface area (Å²) in [5, 5.41) is 2.63. The summed E-state index contributed by atoms with van der Waals surface area (Å²) < 4.78 is 15.9. The zero-order valence-electron chi connectivity index (χ0n) is 15.5. The van der Waals surface area contributed by atoms with E-state index in [0.717, 1.165) is 0 Å². The number of rotatable bonds is 5. The molecule has 1 amide bonds. The Bertz CT molecular complexity index is 946. The van der Waals surface area contributed by atoms with Gasteiger partial charge in [-0.15, -0.1) is 0 Å². The van der Waals surface area contributed by atoms with Gasteiger partial charge in [-0.25, -0.2) is 9.59 Å². The van der Waals surface area contributed by atoms with Crippen LogP contribution in [0.3, 0.4) is 0 Å². The summed E-state index contributed by atoms with van der Waals surface area (Å²) in [5.41, 5.74) is 4.45. The SMILES string of the molecule is C=CCOC(=O)C1=C(C)NC(=O)[C@@]12C(C(=O)OCC)=C(N)Oc1ccccc12. The van der Waals surface area contributed by atoms with Gasteiger partial charge < -0.3 is 25.3 Å². The van der Waals surface area contributed by atoms with Crippen molar-refractivity contribution in [3.05, 3.63) is 65.2 Å². The Balaban J connectivity index is 2.33. The van der Waals surface area contributed by atoms with Crippen LogP contribution in [0.2, 0.25) is 0 Å². The summed E-state index contributed by atoms with van der Waals surface area (Å²) in [6, 6.07) is 6.55. The van der Waals surface area contributed by atoms with Gasteiger partial charge in [0.2, 0.25) is 11.8 Å². The van der Waals surface area contributed by atoms with Crippen molar-refractivity contribution in [3.8, 4) is 5.75 Å². The molecule has 0 saturated heterocycles. The number of fused-ring (bicyclic) bond motifs is 2. The van der Waals surface area contributed by atoms with Crippen molar-refractivity contribution in [1.82, 2.24) is 5.32 Å². The number of esters is 2. The molecule has 8 nitrogen and oxygen atoms in total. The van der Waals surface area contributed by atoms with E-state index in [1.54, 1.807) is 38.1 Å². The molecule has 0 fully saturated rings. The van der Waals surface area contributed by atoms with Crippen molar-refractivity contribution in [2.45, 2.75) is 19.3 Å². The summed E-state index contributed by atoms with van der Waals surface area (Å²) in [6.07, 6.45) is 1.40. The molecule has 0 radical (unpaired) electrons. The van der Waals surface area contributed by atoms with Gasteiger partial charge in [-0.3, -0.25) is 4.79 Å². The third-order valence-electron chi connectivity index (χ3n) is 4.54. The molecule has 0 aliphatic carbocycles. The van der Waals surface area contributed by atoms with Gasteiger partial charge in [0.15, 0.2) is 0 Å². The minimum Gasteiger partial charge on any atom is -0.462 e. The third-order valence-corrected chi connectivity index (χ3v) is 4.54. The van der Waals surface area contributed by atoms with Gasteiger partial charge >= 0.3 is 11.9 Å². The van der Waals surface area contributed by atoms with E-state index in [0.29, 0.717) is 5.56 Å². The highest BCUT2D eigenvalue weighted by atomic mass is 16.5. The van der Waals surface area contributed by atoms with Crippen LogP contribution in [-0.2, 0) is 29.3 Å². The van der Waals surface area contributed by atoms with Crippen LogP contribution in [0.15, 0.2) is 59.6 Å². The van der Waals surface area contributed by atoms with Crippen LogP contribution in [0, 0.1) is 0 Å². The summed E-state index contributed by atoms with van der Waals surface area (Å²) in [5.74, 6) is -2.30. The Hall–Kier alpha value is -3.55. The molecule has 28 heavy (non-hydrogen) atoms. The molecule has 2 aliphatic rings. The quantitative estimate of drug-likeness (QED) is 0.578. The molecule has 1 aromatic rings. The van der Waals surface area contributed by atoms with E-state index < -0.39 is 23.3 Å². The molecular formula is C20H20N2O6. The fourth-order valence-corrected chi connectivity index (χ4v) is 3.54. The minimum absolute atomic E-state index is 0.0406. The van der Waals surface area contributed by atoms with Gasteiger partial charge in [0, 0.05) is 11.3 Å². The number of nitrogens with two attached hydrogens (primary N) is 1. The predicted molar refractivity (Wildman–Crippen MR) is 98.6 cm³/mol. The van der Waals surface area contributed by atoms with Crippen molar-refractivity contribution in [2.24, 2.45) is 5.73 Å². The van der Waals surface area contributed by atoms with Gasteiger partial charge in [-0.05, 0) is 19.9 Å². The number of hydrogen-bond acceptors (Lipinski definition) is 7. The minimum atomic E-state index is -1.84. The molecule has 1 atom stereocenters. The van der Waals surface area contributed by atoms with E-state index in [9.17, 15) is 14.4 Å². The lowest BCUT2D eigenvalue weighted by atomic mass is 9.67. The number of amides is 1. The number of benzene rings is 1. The molecule has 8 heteroatoms. The van der Waals surface area contributed by atoms with E-state index in [-0.39, 0.29) is 41.7 Å². The van der Waals surface area contributed by atoms with Crippen molar-refractivity contribution in [1.29, 1.82) is 0 Å². The zero-order valence-corrected chi connectivity index (χ0v) is 15.5. The lowest BCUT2D eigenvalue weighted by Crippen LogP contribution is -2.49. The second kappa shape index (κ2) is 7.22. The largest absolute Gasteiger partial charge is 0.462 e. The van der Waals surface area contributed by atoms with Crippen LogP contribution in [0.25, 0.3) is 0 Å². The predicted octanol–water partition coefficient (Wildman–Crippen LogP) is 1.18. The van der Waals surface area contributed by atoms with E-state index in [4.69, 9.17) is 19.9 Å². The Morgan fingerprint density at radius 2 is 1.93 bits per heavy atom. The Labute approximate surface area is 161 Å². The topological polar surface area (TPSA) is 117 Å². The second-order valence-corrected chi connectivity index (χ2v) is 6.15. The van der Waals surface area contributed by atoms with E-state index in [1.807, 2.05) is 0 Å². The molecule has 1 spiro atoms. The Morgan fingerprint density at radius 1 is 1.25 bits per heavy atom. The first-order chi connectivity index (χ1) is 13.4. The molecule has 3 rings (SSSR count). The zero-order chi connectivity index (χ0) is 20.5. The first-order valence-corrected chi connectivity index (χ1v) is 8.65. The maximum Gasteiger partial charge on any atom is 0.341 e. The molecule has 1 aromatic carbocycles. The van der Waals surface area contributed by atoms with Crippen molar-refractivity contribution < 1.29 is 28.6 Å². The number of para-hydroxylation sites is 1. The molecule has 0 aromatic heterocycles. The van der Waals surface area contributed by atoms with E-state index >= 15 is 0 Å². The lowest BCUT2D eigenvalue weighted by molar-refractivity contribution is -0.142. The van der Waals surface area contributed by atoms with Crippen molar-refractivity contribution in [2.75, 3.05) is 13.2 Å². The summed E-state index contributed by atoms with van der Waals surface area (Å²) >= 11 is 0. The van der Waals surface area contributed by atoms with Gasteiger partial charge in [0.25, 0.3) is 0 Å². The van der Waals surface area contributed by atoms with Crippen LogP contribution < -0.4 is 15.8 Å².